The van der Waals surface area contributed by atoms with Crippen LogP contribution in [0.3, 0.4) is 0 Å². The molecular formula is C31H28F4N4O. The molecule has 0 bridgehead atoms. The maximum absolute atomic E-state index is 13.9. The maximum Gasteiger partial charge on any atom is 0.433 e. The van der Waals surface area contributed by atoms with Gasteiger partial charge in [0.2, 0.25) is 0 Å². The number of nitrogens with one attached hydrogen (secondary N) is 2. The number of hydrogen-bond donors (Lipinski definition) is 2. The molecule has 2 N–H and O–H groups in total. The Morgan fingerprint density at radius 1 is 1.10 bits per heavy atom. The van der Waals surface area contributed by atoms with E-state index >= 15 is 0 Å². The molecule has 5 nitrogen and oxygen atoms in total. The van der Waals surface area contributed by atoms with Crippen molar-refractivity contribution in [3.8, 4) is 11.1 Å². The summed E-state index contributed by atoms with van der Waals surface area (Å²) >= 11 is 0. The molecule has 1 fully saturated rings. The molecular weight excluding hydrogens is 520 g/mol. The average molecular weight is 549 g/mol. The zero-order valence-corrected chi connectivity index (χ0v) is 22.0. The molecule has 2 heterocycles. The van der Waals surface area contributed by atoms with E-state index in [2.05, 4.69) is 10.3 Å². The lowest BCUT2D eigenvalue weighted by atomic mass is 9.96. The van der Waals surface area contributed by atoms with Gasteiger partial charge in [-0.2, -0.15) is 13.2 Å². The van der Waals surface area contributed by atoms with Crippen LogP contribution >= 0.6 is 0 Å². The van der Waals surface area contributed by atoms with Crippen molar-refractivity contribution in [1.82, 2.24) is 14.9 Å². The predicted octanol–water partition coefficient (Wildman–Crippen LogP) is 6.73. The van der Waals surface area contributed by atoms with Crippen LogP contribution in [0.5, 0.6) is 0 Å². The van der Waals surface area contributed by atoms with Crippen LogP contribution in [0.1, 0.15) is 57.2 Å². The Bertz CT molecular complexity index is 1640. The van der Waals surface area contributed by atoms with Gasteiger partial charge in [-0.25, -0.2) is 4.39 Å². The van der Waals surface area contributed by atoms with Crippen molar-refractivity contribution in [2.45, 2.75) is 45.5 Å². The monoisotopic (exact) mass is 548 g/mol. The highest BCUT2D eigenvalue weighted by Gasteiger charge is 2.36. The molecule has 2 aromatic heterocycles. The first-order valence-corrected chi connectivity index (χ1v) is 12.9. The molecule has 0 radical (unpaired) electrons. The number of rotatable bonds is 7. The molecule has 1 unspecified atom stereocenters. The summed E-state index contributed by atoms with van der Waals surface area (Å²) in [6, 6.07) is 15.3. The highest BCUT2D eigenvalue weighted by molar-refractivity contribution is 5.96. The molecule has 1 amide bonds. The van der Waals surface area contributed by atoms with Gasteiger partial charge in [-0.3, -0.25) is 15.2 Å². The zero-order valence-electron chi connectivity index (χ0n) is 22.0. The van der Waals surface area contributed by atoms with Crippen LogP contribution in [-0.2, 0) is 12.7 Å². The maximum atomic E-state index is 13.9. The molecule has 0 saturated heterocycles. The van der Waals surface area contributed by atoms with E-state index in [-0.39, 0.29) is 46.5 Å². The summed E-state index contributed by atoms with van der Waals surface area (Å²) in [5.41, 5.74) is 2.15. The van der Waals surface area contributed by atoms with E-state index in [1.54, 1.807) is 48.0 Å². The number of carbonyl (C=O) groups excluding carboxylic acids is 1. The summed E-state index contributed by atoms with van der Waals surface area (Å²) in [6.45, 7) is 3.71. The molecule has 1 atom stereocenters. The number of alkyl halides is 3. The number of aryl methyl sites for hydroxylation is 2. The van der Waals surface area contributed by atoms with Crippen LogP contribution in [-0.4, -0.2) is 15.5 Å². The van der Waals surface area contributed by atoms with Crippen LogP contribution in [0.2, 0.25) is 0 Å². The third-order valence-corrected chi connectivity index (χ3v) is 7.11. The summed E-state index contributed by atoms with van der Waals surface area (Å²) in [5, 5.41) is 11.4. The van der Waals surface area contributed by atoms with E-state index in [1.807, 2.05) is 13.0 Å². The minimum Gasteiger partial charge on any atom is -0.345 e. The molecule has 0 aliphatic heterocycles. The van der Waals surface area contributed by atoms with Crippen LogP contribution < -0.4 is 10.8 Å². The standard InChI is InChI=1S/C31H28F4N4O/c1-18-9-11-39(27(36)12-18)17-20-14-23(25-4-3-10-37-29(25)31(33,34)35)16-24(15-20)30(40)38-28(21-5-6-21)22-7-8-26(32)19(2)13-22/h3-4,7-16,21,28,36H,5-6,17H2,1-2H3,(H,38,40). The Hall–Kier alpha value is -4.27. The number of halogens is 4. The van der Waals surface area contributed by atoms with Crippen molar-refractivity contribution >= 4 is 5.91 Å². The second-order valence-corrected chi connectivity index (χ2v) is 10.3. The Kier molecular flexibility index (Phi) is 7.31. The van der Waals surface area contributed by atoms with Gasteiger partial charge in [0.15, 0.2) is 5.69 Å². The van der Waals surface area contributed by atoms with E-state index in [4.69, 9.17) is 5.41 Å². The van der Waals surface area contributed by atoms with Crippen LogP contribution in [0.25, 0.3) is 11.1 Å². The molecule has 1 aliphatic rings. The average Bonchev–Trinajstić information content (AvgIpc) is 3.75. The third-order valence-electron chi connectivity index (χ3n) is 7.11. The number of benzene rings is 2. The van der Waals surface area contributed by atoms with E-state index in [0.29, 0.717) is 11.1 Å². The Morgan fingerprint density at radius 3 is 2.55 bits per heavy atom. The molecule has 5 rings (SSSR count). The molecule has 9 heteroatoms. The third kappa shape index (κ3) is 5.98. The zero-order chi connectivity index (χ0) is 28.6. The molecule has 1 aliphatic carbocycles. The summed E-state index contributed by atoms with van der Waals surface area (Å²) in [5.74, 6) is -0.582. The first kappa shape index (κ1) is 27.3. The normalized spacial score (nSPS) is 14.2. The summed E-state index contributed by atoms with van der Waals surface area (Å²) in [7, 11) is 0. The number of carbonyl (C=O) groups is 1. The van der Waals surface area contributed by atoms with Crippen molar-refractivity contribution in [3.05, 3.63) is 118 Å². The van der Waals surface area contributed by atoms with Gasteiger partial charge in [0.05, 0.1) is 6.04 Å². The fourth-order valence-electron chi connectivity index (χ4n) is 4.89. The summed E-state index contributed by atoms with van der Waals surface area (Å²) in [4.78, 5) is 17.2. The fraction of sp³-hybridized carbons (Fsp3) is 0.258. The molecule has 4 aromatic rings. The quantitative estimate of drug-likeness (QED) is 0.251. The smallest absolute Gasteiger partial charge is 0.345 e. The molecule has 206 valence electrons. The number of hydrogen-bond acceptors (Lipinski definition) is 3. The molecule has 2 aromatic carbocycles. The van der Waals surface area contributed by atoms with Gasteiger partial charge in [0.25, 0.3) is 5.91 Å². The molecule has 1 saturated carbocycles. The fourth-order valence-corrected chi connectivity index (χ4v) is 4.89. The molecule has 40 heavy (non-hydrogen) atoms. The second kappa shape index (κ2) is 10.7. The van der Waals surface area contributed by atoms with Crippen molar-refractivity contribution in [2.75, 3.05) is 0 Å². The SMILES string of the molecule is Cc1ccn(Cc2cc(C(=O)NC(c3ccc(F)c(C)c3)C3CC3)cc(-c3cccnc3C(F)(F)F)c2)c(=N)c1. The number of pyridine rings is 2. The van der Waals surface area contributed by atoms with Gasteiger partial charge in [-0.15, -0.1) is 0 Å². The van der Waals surface area contributed by atoms with Gasteiger partial charge >= 0.3 is 6.18 Å². The topological polar surface area (TPSA) is 70.8 Å². The van der Waals surface area contributed by atoms with Crippen molar-refractivity contribution in [3.63, 3.8) is 0 Å². The Labute approximate surface area is 229 Å². The van der Waals surface area contributed by atoms with E-state index in [9.17, 15) is 22.4 Å². The lowest BCUT2D eigenvalue weighted by Gasteiger charge is -2.21. The highest BCUT2D eigenvalue weighted by Crippen LogP contribution is 2.42. The van der Waals surface area contributed by atoms with Gasteiger partial charge in [0.1, 0.15) is 11.3 Å². The Balaban J connectivity index is 1.56. The summed E-state index contributed by atoms with van der Waals surface area (Å²) in [6.07, 6.45) is -0.0492. The van der Waals surface area contributed by atoms with E-state index in [0.717, 1.165) is 30.2 Å². The first-order valence-electron chi connectivity index (χ1n) is 12.9. The summed E-state index contributed by atoms with van der Waals surface area (Å²) < 4.78 is 57.1. The molecule has 0 spiro atoms. The minimum atomic E-state index is -4.69. The number of nitrogens with zero attached hydrogens (tertiary/aromatic N) is 2. The van der Waals surface area contributed by atoms with Crippen LogP contribution in [0.15, 0.2) is 73.1 Å². The number of aromatic nitrogens is 2. The van der Waals surface area contributed by atoms with E-state index < -0.39 is 17.8 Å². The largest absolute Gasteiger partial charge is 0.433 e. The van der Waals surface area contributed by atoms with Gasteiger partial charge in [-0.05, 0) is 103 Å². The minimum absolute atomic E-state index is 0.140. The second-order valence-electron chi connectivity index (χ2n) is 10.3. The van der Waals surface area contributed by atoms with Gasteiger partial charge in [-0.1, -0.05) is 18.2 Å². The predicted molar refractivity (Wildman–Crippen MR) is 143 cm³/mol. The van der Waals surface area contributed by atoms with Crippen molar-refractivity contribution in [1.29, 1.82) is 5.41 Å². The lowest BCUT2D eigenvalue weighted by Crippen LogP contribution is -2.30. The van der Waals surface area contributed by atoms with Crippen molar-refractivity contribution < 1.29 is 22.4 Å². The first-order chi connectivity index (χ1) is 19.0. The van der Waals surface area contributed by atoms with Crippen molar-refractivity contribution in [2.24, 2.45) is 5.92 Å². The van der Waals surface area contributed by atoms with Gasteiger partial charge < -0.3 is 9.88 Å². The number of amides is 1. The Morgan fingerprint density at radius 2 is 1.88 bits per heavy atom. The highest BCUT2D eigenvalue weighted by atomic mass is 19.4. The van der Waals surface area contributed by atoms with Gasteiger partial charge in [0, 0.05) is 30.1 Å². The van der Waals surface area contributed by atoms with E-state index in [1.165, 1.54) is 24.3 Å². The lowest BCUT2D eigenvalue weighted by molar-refractivity contribution is -0.140. The van der Waals surface area contributed by atoms with Crippen LogP contribution in [0.4, 0.5) is 17.6 Å². The van der Waals surface area contributed by atoms with Crippen LogP contribution in [0, 0.1) is 31.0 Å².